The third-order valence-electron chi connectivity index (χ3n) is 3.13. The standard InChI is InChI=1S/C12H23N5O2S/c1-5-14-12(4,9(13)18)6-7-20-11-16-15-10(19)17(11)8(2)3/h8,14H,5-7H2,1-4H3,(H2,13,18)(H,15,19). The summed E-state index contributed by atoms with van der Waals surface area (Å²) >= 11 is 1.44. The van der Waals surface area contributed by atoms with Crippen LogP contribution in [0.3, 0.4) is 0 Å². The molecule has 0 spiro atoms. The van der Waals surface area contributed by atoms with Gasteiger partial charge >= 0.3 is 5.69 Å². The van der Waals surface area contributed by atoms with Crippen LogP contribution in [0.5, 0.6) is 0 Å². The van der Waals surface area contributed by atoms with Gasteiger partial charge in [0.1, 0.15) is 0 Å². The van der Waals surface area contributed by atoms with E-state index in [-0.39, 0.29) is 17.6 Å². The minimum Gasteiger partial charge on any atom is -0.368 e. The minimum atomic E-state index is -0.735. The summed E-state index contributed by atoms with van der Waals surface area (Å²) in [5.74, 6) is 0.270. The van der Waals surface area contributed by atoms with Gasteiger partial charge in [0, 0.05) is 11.8 Å². The number of carbonyl (C=O) groups excluding carboxylic acids is 1. The zero-order valence-electron chi connectivity index (χ0n) is 12.4. The number of primary amides is 1. The Labute approximate surface area is 122 Å². The van der Waals surface area contributed by atoms with Gasteiger partial charge in [0.2, 0.25) is 5.91 Å². The molecular weight excluding hydrogens is 278 g/mol. The average Bonchev–Trinajstić information content (AvgIpc) is 2.70. The molecule has 114 valence electrons. The van der Waals surface area contributed by atoms with Gasteiger partial charge in [0.15, 0.2) is 5.16 Å². The number of thioether (sulfide) groups is 1. The molecule has 20 heavy (non-hydrogen) atoms. The third kappa shape index (κ3) is 3.86. The van der Waals surface area contributed by atoms with E-state index in [0.29, 0.717) is 23.9 Å². The highest BCUT2D eigenvalue weighted by atomic mass is 32.2. The van der Waals surface area contributed by atoms with Crippen LogP contribution in [0.2, 0.25) is 0 Å². The van der Waals surface area contributed by atoms with Crippen LogP contribution in [0.4, 0.5) is 0 Å². The number of likely N-dealkylation sites (N-methyl/N-ethyl adjacent to an activating group) is 1. The number of hydrogen-bond donors (Lipinski definition) is 3. The van der Waals surface area contributed by atoms with E-state index < -0.39 is 5.54 Å². The number of nitrogens with two attached hydrogens (primary N) is 1. The van der Waals surface area contributed by atoms with E-state index in [1.807, 2.05) is 20.8 Å². The first kappa shape index (κ1) is 16.8. The maximum absolute atomic E-state index is 11.6. The molecule has 0 aliphatic heterocycles. The van der Waals surface area contributed by atoms with Crippen LogP contribution in [0.15, 0.2) is 9.95 Å². The molecule has 1 heterocycles. The van der Waals surface area contributed by atoms with Gasteiger partial charge in [0.05, 0.1) is 5.54 Å². The minimum absolute atomic E-state index is 0.0417. The molecule has 0 aliphatic rings. The smallest absolute Gasteiger partial charge is 0.344 e. The van der Waals surface area contributed by atoms with Crippen molar-refractivity contribution in [3.8, 4) is 0 Å². The van der Waals surface area contributed by atoms with Gasteiger partial charge in [-0.25, -0.2) is 9.89 Å². The normalized spacial score (nSPS) is 14.4. The van der Waals surface area contributed by atoms with Gasteiger partial charge in [-0.1, -0.05) is 18.7 Å². The third-order valence-corrected chi connectivity index (χ3v) is 4.09. The molecule has 1 rings (SSSR count). The highest BCUT2D eigenvalue weighted by molar-refractivity contribution is 7.99. The molecule has 1 aromatic heterocycles. The Morgan fingerprint density at radius 2 is 2.25 bits per heavy atom. The number of amides is 1. The number of H-pyrrole nitrogens is 1. The number of nitrogens with zero attached hydrogens (tertiary/aromatic N) is 2. The van der Waals surface area contributed by atoms with E-state index in [2.05, 4.69) is 15.5 Å². The van der Waals surface area contributed by atoms with Crippen molar-refractivity contribution in [3.05, 3.63) is 10.5 Å². The van der Waals surface area contributed by atoms with Crippen molar-refractivity contribution in [1.29, 1.82) is 0 Å². The Kier molecular flexibility index (Phi) is 5.82. The van der Waals surface area contributed by atoms with Crippen LogP contribution in [0, 0.1) is 0 Å². The fraction of sp³-hybridized carbons (Fsp3) is 0.750. The van der Waals surface area contributed by atoms with Gasteiger partial charge in [-0.15, -0.1) is 5.10 Å². The highest BCUT2D eigenvalue weighted by Gasteiger charge is 2.29. The Morgan fingerprint density at radius 1 is 1.60 bits per heavy atom. The van der Waals surface area contributed by atoms with E-state index in [0.717, 1.165) is 0 Å². The molecule has 0 saturated heterocycles. The lowest BCUT2D eigenvalue weighted by Gasteiger charge is -2.26. The Morgan fingerprint density at radius 3 is 2.75 bits per heavy atom. The number of carbonyl (C=O) groups is 1. The first-order chi connectivity index (χ1) is 9.31. The number of hydrogen-bond acceptors (Lipinski definition) is 5. The molecule has 1 amide bonds. The largest absolute Gasteiger partial charge is 0.368 e. The first-order valence-electron chi connectivity index (χ1n) is 6.66. The SMILES string of the molecule is CCNC(C)(CCSc1n[nH]c(=O)n1C(C)C)C(N)=O. The molecule has 0 aliphatic carbocycles. The number of nitrogens with one attached hydrogen (secondary N) is 2. The lowest BCUT2D eigenvalue weighted by atomic mass is 9.98. The summed E-state index contributed by atoms with van der Waals surface area (Å²) in [7, 11) is 0. The van der Waals surface area contributed by atoms with Crippen LogP contribution < -0.4 is 16.7 Å². The zero-order valence-corrected chi connectivity index (χ0v) is 13.2. The van der Waals surface area contributed by atoms with Gasteiger partial charge in [-0.2, -0.15) is 0 Å². The molecule has 8 heteroatoms. The van der Waals surface area contributed by atoms with E-state index in [9.17, 15) is 9.59 Å². The topological polar surface area (TPSA) is 106 Å². The fourth-order valence-corrected chi connectivity index (χ4v) is 3.12. The maximum Gasteiger partial charge on any atom is 0.344 e. The zero-order chi connectivity index (χ0) is 15.3. The van der Waals surface area contributed by atoms with E-state index in [1.165, 1.54) is 11.8 Å². The summed E-state index contributed by atoms with van der Waals surface area (Å²) in [4.78, 5) is 23.1. The molecule has 0 fully saturated rings. The Balaban J connectivity index is 2.69. The van der Waals surface area contributed by atoms with Gasteiger partial charge in [-0.3, -0.25) is 9.36 Å². The van der Waals surface area contributed by atoms with E-state index >= 15 is 0 Å². The van der Waals surface area contributed by atoms with Gasteiger partial charge in [0.25, 0.3) is 0 Å². The van der Waals surface area contributed by atoms with Crippen molar-refractivity contribution in [1.82, 2.24) is 20.1 Å². The molecule has 4 N–H and O–H groups in total. The van der Waals surface area contributed by atoms with Crippen LogP contribution in [-0.2, 0) is 4.79 Å². The average molecular weight is 301 g/mol. The van der Waals surface area contributed by atoms with E-state index in [4.69, 9.17) is 5.73 Å². The molecule has 1 atom stereocenters. The van der Waals surface area contributed by atoms with Gasteiger partial charge < -0.3 is 11.1 Å². The summed E-state index contributed by atoms with van der Waals surface area (Å²) in [6.45, 7) is 8.24. The van der Waals surface area contributed by atoms with Crippen molar-refractivity contribution < 1.29 is 4.79 Å². The van der Waals surface area contributed by atoms with Crippen molar-refractivity contribution in [3.63, 3.8) is 0 Å². The predicted molar refractivity (Wildman–Crippen MR) is 79.8 cm³/mol. The fourth-order valence-electron chi connectivity index (χ4n) is 1.88. The summed E-state index contributed by atoms with van der Waals surface area (Å²) in [6.07, 6.45) is 0.569. The number of aromatic amines is 1. The quantitative estimate of drug-likeness (QED) is 0.606. The van der Waals surface area contributed by atoms with Crippen LogP contribution in [0.25, 0.3) is 0 Å². The van der Waals surface area contributed by atoms with Crippen molar-refractivity contribution in [2.75, 3.05) is 12.3 Å². The molecule has 7 nitrogen and oxygen atoms in total. The van der Waals surface area contributed by atoms with Crippen LogP contribution in [-0.4, -0.2) is 38.5 Å². The molecule has 0 aromatic carbocycles. The predicted octanol–water partition coefficient (Wildman–Crippen LogP) is 0.488. The lowest BCUT2D eigenvalue weighted by molar-refractivity contribution is -0.123. The lowest BCUT2D eigenvalue weighted by Crippen LogP contribution is -2.53. The van der Waals surface area contributed by atoms with Crippen molar-refractivity contribution in [2.24, 2.45) is 5.73 Å². The maximum atomic E-state index is 11.6. The van der Waals surface area contributed by atoms with E-state index in [1.54, 1.807) is 11.5 Å². The summed E-state index contributed by atoms with van der Waals surface area (Å²) < 4.78 is 1.60. The number of rotatable bonds is 8. The molecule has 0 bridgehead atoms. The first-order valence-corrected chi connectivity index (χ1v) is 7.65. The van der Waals surface area contributed by atoms with Gasteiger partial charge in [-0.05, 0) is 33.7 Å². The Bertz CT molecular complexity index is 510. The number of aromatic nitrogens is 3. The molecule has 1 unspecified atom stereocenters. The second-order valence-electron chi connectivity index (χ2n) is 5.10. The monoisotopic (exact) mass is 301 g/mol. The molecule has 0 radical (unpaired) electrons. The second kappa shape index (κ2) is 6.94. The van der Waals surface area contributed by atoms with Crippen LogP contribution >= 0.6 is 11.8 Å². The van der Waals surface area contributed by atoms with Crippen molar-refractivity contribution >= 4 is 17.7 Å². The highest BCUT2D eigenvalue weighted by Crippen LogP contribution is 2.21. The van der Waals surface area contributed by atoms with Crippen LogP contribution in [0.1, 0.15) is 40.2 Å². The summed E-state index contributed by atoms with van der Waals surface area (Å²) in [6, 6.07) is 0.0417. The second-order valence-corrected chi connectivity index (χ2v) is 6.16. The Hall–Kier alpha value is -1.28. The molecular formula is C12H23N5O2S. The molecule has 1 aromatic rings. The summed E-state index contributed by atoms with van der Waals surface area (Å²) in [5, 5.41) is 10.2. The molecule has 0 saturated carbocycles. The summed E-state index contributed by atoms with van der Waals surface area (Å²) in [5.41, 5.74) is 4.48. The van der Waals surface area contributed by atoms with Crippen molar-refractivity contribution in [2.45, 2.75) is 50.9 Å².